The molecule has 4 rings (SSSR count). The van der Waals surface area contributed by atoms with Crippen molar-refractivity contribution in [3.05, 3.63) is 119 Å². The van der Waals surface area contributed by atoms with Gasteiger partial charge in [-0.05, 0) is 78.4 Å². The first kappa shape index (κ1) is 29.3. The number of halogens is 6. The zero-order valence-electron chi connectivity index (χ0n) is 19.5. The zero-order valence-corrected chi connectivity index (χ0v) is 21.1. The Morgan fingerprint density at radius 3 is 1.47 bits per heavy atom. The molecular formula is C28H20F6O2S2. The van der Waals surface area contributed by atoms with Gasteiger partial charge in [-0.3, -0.25) is 4.79 Å². The molecule has 4 aromatic rings. The summed E-state index contributed by atoms with van der Waals surface area (Å²) in [6, 6.07) is 24.1. The van der Waals surface area contributed by atoms with Crippen LogP contribution in [-0.4, -0.2) is 11.4 Å². The van der Waals surface area contributed by atoms with Gasteiger partial charge in [0.05, 0.1) is 17.7 Å². The molecule has 0 atom stereocenters. The Morgan fingerprint density at radius 2 is 1.05 bits per heavy atom. The fourth-order valence-electron chi connectivity index (χ4n) is 3.05. The summed E-state index contributed by atoms with van der Waals surface area (Å²) in [6.45, 7) is -0.0542. The molecule has 1 N–H and O–H groups in total. The summed E-state index contributed by atoms with van der Waals surface area (Å²) in [5.41, 5.74) is -0.00623. The highest BCUT2D eigenvalue weighted by Crippen LogP contribution is 2.34. The van der Waals surface area contributed by atoms with Crippen LogP contribution >= 0.6 is 23.5 Å². The van der Waals surface area contributed by atoms with Gasteiger partial charge in [-0.25, -0.2) is 0 Å². The molecule has 0 aliphatic carbocycles. The number of carbonyl (C=O) groups is 1. The van der Waals surface area contributed by atoms with E-state index in [1.54, 1.807) is 36.4 Å². The summed E-state index contributed by atoms with van der Waals surface area (Å²) in [4.78, 5) is 13.7. The molecule has 10 heteroatoms. The molecule has 0 saturated carbocycles. The Hall–Kier alpha value is -3.21. The van der Waals surface area contributed by atoms with E-state index in [9.17, 15) is 31.1 Å². The highest BCUT2D eigenvalue weighted by Gasteiger charge is 2.30. The molecule has 0 unspecified atom stereocenters. The first-order valence-corrected chi connectivity index (χ1v) is 12.6. The third kappa shape index (κ3) is 8.97. The van der Waals surface area contributed by atoms with Crippen molar-refractivity contribution in [1.82, 2.24) is 0 Å². The van der Waals surface area contributed by atoms with Crippen LogP contribution in [0.1, 0.15) is 27.0 Å². The van der Waals surface area contributed by atoms with Crippen LogP contribution < -0.4 is 0 Å². The molecule has 0 radical (unpaired) electrons. The van der Waals surface area contributed by atoms with Crippen molar-refractivity contribution in [2.24, 2.45) is 0 Å². The first-order valence-electron chi connectivity index (χ1n) is 10.9. The molecular weight excluding hydrogens is 546 g/mol. The minimum absolute atomic E-state index is 0.0542. The van der Waals surface area contributed by atoms with E-state index in [0.29, 0.717) is 10.5 Å². The van der Waals surface area contributed by atoms with E-state index >= 15 is 0 Å². The second kappa shape index (κ2) is 13.0. The van der Waals surface area contributed by atoms with Crippen LogP contribution in [0.3, 0.4) is 0 Å². The molecule has 0 saturated heterocycles. The van der Waals surface area contributed by atoms with Gasteiger partial charge < -0.3 is 5.11 Å². The maximum atomic E-state index is 12.4. The minimum atomic E-state index is -4.32. The van der Waals surface area contributed by atoms with E-state index in [0.717, 1.165) is 50.8 Å². The monoisotopic (exact) mass is 566 g/mol. The second-order valence-corrected chi connectivity index (χ2v) is 10.0. The fraction of sp³-hybridized carbons (Fsp3) is 0.107. The lowest BCUT2D eigenvalue weighted by molar-refractivity contribution is -0.138. The minimum Gasteiger partial charge on any atom is -0.392 e. The number of aliphatic hydroxyl groups is 1. The van der Waals surface area contributed by atoms with Crippen molar-refractivity contribution in [1.29, 1.82) is 0 Å². The standard InChI is InChI=1S/C14H11F3OS.C14H9F3OS/c2*15-14(16,17)11-4-6-12(7-5-11)19-13-3-1-2-10(8-13)9-18/h1-8,18H,9H2;1-9H. The number of hydrogen-bond donors (Lipinski definition) is 1. The van der Waals surface area contributed by atoms with Crippen molar-refractivity contribution in [2.45, 2.75) is 38.5 Å². The van der Waals surface area contributed by atoms with Crippen LogP contribution in [0.2, 0.25) is 0 Å². The Morgan fingerprint density at radius 1 is 0.605 bits per heavy atom. The van der Waals surface area contributed by atoms with Gasteiger partial charge in [0.2, 0.25) is 0 Å². The van der Waals surface area contributed by atoms with Gasteiger partial charge in [0.25, 0.3) is 0 Å². The first-order chi connectivity index (χ1) is 18.0. The predicted molar refractivity (Wildman–Crippen MR) is 135 cm³/mol. The molecule has 0 heterocycles. The van der Waals surface area contributed by atoms with Gasteiger partial charge in [0.15, 0.2) is 0 Å². The number of hydrogen-bond acceptors (Lipinski definition) is 4. The van der Waals surface area contributed by atoms with Gasteiger partial charge >= 0.3 is 12.4 Å². The van der Waals surface area contributed by atoms with E-state index in [1.807, 2.05) is 12.1 Å². The van der Waals surface area contributed by atoms with Gasteiger partial charge in [0.1, 0.15) is 6.29 Å². The van der Waals surface area contributed by atoms with Crippen LogP contribution in [-0.2, 0) is 19.0 Å². The highest BCUT2D eigenvalue weighted by atomic mass is 32.2. The normalized spacial score (nSPS) is 11.4. The van der Waals surface area contributed by atoms with Crippen molar-refractivity contribution >= 4 is 29.8 Å². The molecule has 0 aromatic heterocycles. The maximum Gasteiger partial charge on any atom is 0.416 e. The van der Waals surface area contributed by atoms with Crippen LogP contribution in [0.15, 0.2) is 117 Å². The van der Waals surface area contributed by atoms with Gasteiger partial charge in [-0.1, -0.05) is 47.8 Å². The van der Waals surface area contributed by atoms with Crippen molar-refractivity contribution in [2.75, 3.05) is 0 Å². The molecule has 38 heavy (non-hydrogen) atoms. The lowest BCUT2D eigenvalue weighted by atomic mass is 10.2. The van der Waals surface area contributed by atoms with Crippen LogP contribution in [0.4, 0.5) is 26.3 Å². The van der Waals surface area contributed by atoms with Crippen LogP contribution in [0.25, 0.3) is 0 Å². The summed E-state index contributed by atoms with van der Waals surface area (Å²) in [7, 11) is 0. The van der Waals surface area contributed by atoms with E-state index < -0.39 is 23.5 Å². The molecule has 0 bridgehead atoms. The van der Waals surface area contributed by atoms with Crippen LogP contribution in [0.5, 0.6) is 0 Å². The average Bonchev–Trinajstić information content (AvgIpc) is 2.89. The molecule has 0 amide bonds. The largest absolute Gasteiger partial charge is 0.416 e. The van der Waals surface area contributed by atoms with Gasteiger partial charge in [0, 0.05) is 25.1 Å². The van der Waals surface area contributed by atoms with Gasteiger partial charge in [-0.2, -0.15) is 26.3 Å². The molecule has 2 nitrogen and oxygen atoms in total. The smallest absolute Gasteiger partial charge is 0.392 e. The SMILES string of the molecule is O=Cc1cccc(Sc2ccc(C(F)(F)F)cc2)c1.OCc1cccc(Sc2ccc(C(F)(F)F)cc2)c1. The fourth-order valence-corrected chi connectivity index (χ4v) is 4.84. The van der Waals surface area contributed by atoms with E-state index in [4.69, 9.17) is 5.11 Å². The van der Waals surface area contributed by atoms with Crippen molar-refractivity contribution in [3.63, 3.8) is 0 Å². The lowest BCUT2D eigenvalue weighted by Gasteiger charge is -2.07. The number of rotatable bonds is 6. The Kier molecular flexibility index (Phi) is 10.1. The van der Waals surface area contributed by atoms with E-state index in [1.165, 1.54) is 47.8 Å². The quantitative estimate of drug-likeness (QED) is 0.187. The number of aldehydes is 1. The summed E-state index contributed by atoms with van der Waals surface area (Å²) >= 11 is 2.67. The number of benzene rings is 4. The number of alkyl halides is 6. The third-order valence-electron chi connectivity index (χ3n) is 4.91. The molecule has 0 fully saturated rings. The number of aliphatic hydroxyl groups excluding tert-OH is 1. The molecule has 0 aliphatic heterocycles. The average molecular weight is 567 g/mol. The Bertz CT molecular complexity index is 1340. The van der Waals surface area contributed by atoms with E-state index in [2.05, 4.69) is 0 Å². The zero-order chi connectivity index (χ0) is 27.8. The van der Waals surface area contributed by atoms with Crippen LogP contribution in [0, 0.1) is 0 Å². The summed E-state index contributed by atoms with van der Waals surface area (Å²) < 4.78 is 74.4. The van der Waals surface area contributed by atoms with E-state index in [-0.39, 0.29) is 6.61 Å². The summed E-state index contributed by atoms with van der Waals surface area (Å²) in [5, 5.41) is 9.02. The Labute approximate surface area is 223 Å². The topological polar surface area (TPSA) is 37.3 Å². The lowest BCUT2D eigenvalue weighted by Crippen LogP contribution is -2.03. The molecule has 0 spiro atoms. The molecule has 0 aliphatic rings. The van der Waals surface area contributed by atoms with Crippen molar-refractivity contribution < 1.29 is 36.2 Å². The Balaban J connectivity index is 0.000000211. The highest BCUT2D eigenvalue weighted by molar-refractivity contribution is 7.99. The summed E-state index contributed by atoms with van der Waals surface area (Å²) in [5.74, 6) is 0. The maximum absolute atomic E-state index is 12.4. The summed E-state index contributed by atoms with van der Waals surface area (Å²) in [6.07, 6.45) is -7.89. The predicted octanol–water partition coefficient (Wildman–Crippen LogP) is 9.02. The van der Waals surface area contributed by atoms with Crippen molar-refractivity contribution in [3.8, 4) is 0 Å². The molecule has 198 valence electrons. The van der Waals surface area contributed by atoms with Gasteiger partial charge in [-0.15, -0.1) is 0 Å². The second-order valence-electron chi connectivity index (χ2n) is 7.74. The number of carbonyl (C=O) groups excluding carboxylic acids is 1. The third-order valence-corrected chi connectivity index (χ3v) is 6.90. The molecule has 4 aromatic carbocycles.